The quantitative estimate of drug-likeness (QED) is 0.142. The summed E-state index contributed by atoms with van der Waals surface area (Å²) in [6.45, 7) is 13.3. The molecule has 6 nitrogen and oxygen atoms in total. The first-order valence-corrected chi connectivity index (χ1v) is 15.5. The molecule has 0 aliphatic rings. The van der Waals surface area contributed by atoms with Gasteiger partial charge in [-0.1, -0.05) is 97.2 Å². The van der Waals surface area contributed by atoms with Crippen molar-refractivity contribution in [3.05, 3.63) is 89.5 Å². The minimum absolute atomic E-state index is 0.103. The van der Waals surface area contributed by atoms with E-state index in [4.69, 9.17) is 14.2 Å². The molecule has 0 saturated carbocycles. The fourth-order valence-electron chi connectivity index (χ4n) is 5.17. The Labute approximate surface area is 251 Å². The van der Waals surface area contributed by atoms with Gasteiger partial charge in [-0.15, -0.1) is 15.0 Å². The van der Waals surface area contributed by atoms with Crippen LogP contribution in [0.5, 0.6) is 35.3 Å². The largest absolute Gasteiger partial charge is 0.424 e. The summed E-state index contributed by atoms with van der Waals surface area (Å²) in [5, 5.41) is 0. The Kier molecular flexibility index (Phi) is 11.3. The van der Waals surface area contributed by atoms with Gasteiger partial charge in [-0.2, -0.15) is 0 Å². The first kappa shape index (κ1) is 31.0. The van der Waals surface area contributed by atoms with E-state index >= 15 is 0 Å². The summed E-state index contributed by atoms with van der Waals surface area (Å²) in [7, 11) is 0. The van der Waals surface area contributed by atoms with Gasteiger partial charge in [0.05, 0.1) is 0 Å². The number of rotatable bonds is 15. The lowest BCUT2D eigenvalue weighted by Gasteiger charge is -2.13. The molecule has 0 amide bonds. The Hall–Kier alpha value is -3.93. The van der Waals surface area contributed by atoms with Crippen LogP contribution in [-0.2, 0) is 0 Å². The minimum Gasteiger partial charge on any atom is -0.424 e. The maximum absolute atomic E-state index is 6.06. The van der Waals surface area contributed by atoms with Crippen molar-refractivity contribution in [2.75, 3.05) is 0 Å². The molecule has 4 rings (SSSR count). The molecule has 0 bridgehead atoms. The normalized spacial score (nSPS) is 13.3. The first-order valence-electron chi connectivity index (χ1n) is 15.5. The van der Waals surface area contributed by atoms with Crippen LogP contribution < -0.4 is 14.2 Å². The fourth-order valence-corrected chi connectivity index (χ4v) is 5.17. The van der Waals surface area contributed by atoms with E-state index in [1.54, 1.807) is 0 Å². The van der Waals surface area contributed by atoms with Crippen molar-refractivity contribution in [1.82, 2.24) is 15.0 Å². The summed E-state index contributed by atoms with van der Waals surface area (Å²) in [6.07, 6.45) is 6.88. The molecular weight excluding hydrogens is 522 g/mol. The van der Waals surface area contributed by atoms with Crippen LogP contribution in [0.4, 0.5) is 0 Å². The van der Waals surface area contributed by atoms with Gasteiger partial charge < -0.3 is 14.2 Å². The van der Waals surface area contributed by atoms with Crippen LogP contribution in [0.1, 0.15) is 115 Å². The molecule has 4 aromatic rings. The molecule has 0 saturated heterocycles. The topological polar surface area (TPSA) is 66.4 Å². The Morgan fingerprint density at radius 2 is 0.667 bits per heavy atom. The molecule has 6 heteroatoms. The second-order valence-electron chi connectivity index (χ2n) is 11.3. The summed E-state index contributed by atoms with van der Waals surface area (Å²) in [5.74, 6) is 3.38. The predicted octanol–water partition coefficient (Wildman–Crippen LogP) is 11.0. The van der Waals surface area contributed by atoms with Gasteiger partial charge >= 0.3 is 18.0 Å². The number of ether oxygens (including phenoxy) is 3. The molecular formula is C36H45N3O3. The third-order valence-electron chi connectivity index (χ3n) is 7.71. The zero-order valence-corrected chi connectivity index (χ0v) is 26.0. The summed E-state index contributed by atoms with van der Waals surface area (Å²) in [5.41, 5.74) is 3.84. The number of benzene rings is 3. The third-order valence-corrected chi connectivity index (χ3v) is 7.71. The molecule has 3 atom stereocenters. The van der Waals surface area contributed by atoms with Crippen LogP contribution in [0.25, 0.3) is 0 Å². The lowest BCUT2D eigenvalue weighted by molar-refractivity contribution is 0.362. The van der Waals surface area contributed by atoms with Gasteiger partial charge in [0.15, 0.2) is 0 Å². The smallest absolute Gasteiger partial charge is 0.331 e. The molecule has 0 unspecified atom stereocenters. The van der Waals surface area contributed by atoms with E-state index in [-0.39, 0.29) is 18.0 Å². The van der Waals surface area contributed by atoms with E-state index < -0.39 is 0 Å². The first-order chi connectivity index (χ1) is 20.4. The lowest BCUT2D eigenvalue weighted by Crippen LogP contribution is -2.02. The van der Waals surface area contributed by atoms with Crippen LogP contribution >= 0.6 is 0 Å². The standard InChI is InChI=1S/C36H45N3O3/c1-7-10-25(4)28-13-19-31(20-14-28)40-34-37-35(41-32-21-15-29(16-22-32)26(5)11-8-2)39-36(38-34)42-33-23-17-30(18-24-33)27(6)12-9-3/h13-27H,7-12H2,1-6H3/t25-,26-,27-/m0/s1. The van der Waals surface area contributed by atoms with E-state index in [0.29, 0.717) is 35.0 Å². The average molecular weight is 568 g/mol. The second-order valence-corrected chi connectivity index (χ2v) is 11.3. The highest BCUT2D eigenvalue weighted by molar-refractivity contribution is 5.34. The van der Waals surface area contributed by atoms with Gasteiger partial charge in [-0.3, -0.25) is 0 Å². The van der Waals surface area contributed by atoms with E-state index in [1.165, 1.54) is 16.7 Å². The van der Waals surface area contributed by atoms with Gasteiger partial charge in [0.25, 0.3) is 0 Å². The average Bonchev–Trinajstić information content (AvgIpc) is 2.98. The van der Waals surface area contributed by atoms with E-state index in [9.17, 15) is 0 Å². The van der Waals surface area contributed by atoms with E-state index in [1.807, 2.05) is 36.4 Å². The Bertz CT molecular complexity index is 1190. The number of hydrogen-bond acceptors (Lipinski definition) is 6. The molecule has 1 aromatic heterocycles. The molecule has 0 radical (unpaired) electrons. The van der Waals surface area contributed by atoms with Gasteiger partial charge in [-0.05, 0) is 90.1 Å². The Morgan fingerprint density at radius 1 is 0.429 bits per heavy atom. The molecule has 3 aromatic carbocycles. The molecule has 222 valence electrons. The molecule has 42 heavy (non-hydrogen) atoms. The highest BCUT2D eigenvalue weighted by Crippen LogP contribution is 2.30. The van der Waals surface area contributed by atoms with Gasteiger partial charge in [0.1, 0.15) is 17.2 Å². The van der Waals surface area contributed by atoms with Gasteiger partial charge in [-0.25, -0.2) is 0 Å². The zero-order chi connectivity index (χ0) is 29.9. The van der Waals surface area contributed by atoms with Crippen molar-refractivity contribution in [2.24, 2.45) is 0 Å². The van der Waals surface area contributed by atoms with Crippen molar-refractivity contribution in [3.63, 3.8) is 0 Å². The van der Waals surface area contributed by atoms with E-state index in [0.717, 1.165) is 38.5 Å². The maximum Gasteiger partial charge on any atom is 0.331 e. The Balaban J connectivity index is 1.57. The van der Waals surface area contributed by atoms with Crippen molar-refractivity contribution in [3.8, 4) is 35.3 Å². The zero-order valence-electron chi connectivity index (χ0n) is 26.0. The summed E-state index contributed by atoms with van der Waals surface area (Å²) >= 11 is 0. The lowest BCUT2D eigenvalue weighted by atomic mass is 9.97. The van der Waals surface area contributed by atoms with Crippen molar-refractivity contribution < 1.29 is 14.2 Å². The van der Waals surface area contributed by atoms with Crippen molar-refractivity contribution >= 4 is 0 Å². The van der Waals surface area contributed by atoms with Gasteiger partial charge in [0, 0.05) is 0 Å². The van der Waals surface area contributed by atoms with Crippen LogP contribution in [0, 0.1) is 0 Å². The SMILES string of the molecule is CCC[C@H](C)c1ccc(Oc2nc(Oc3ccc([C@@H](C)CCC)cc3)nc(Oc3ccc([C@@H](C)CCC)cc3)n2)cc1. The predicted molar refractivity (Wildman–Crippen MR) is 169 cm³/mol. The highest BCUT2D eigenvalue weighted by atomic mass is 16.5. The molecule has 0 fully saturated rings. The number of nitrogens with zero attached hydrogens (tertiary/aromatic N) is 3. The van der Waals surface area contributed by atoms with Crippen molar-refractivity contribution in [1.29, 1.82) is 0 Å². The second kappa shape index (κ2) is 15.3. The molecule has 0 spiro atoms. The maximum atomic E-state index is 6.06. The van der Waals surface area contributed by atoms with Crippen LogP contribution in [0.2, 0.25) is 0 Å². The Morgan fingerprint density at radius 3 is 0.881 bits per heavy atom. The van der Waals surface area contributed by atoms with Gasteiger partial charge in [0.2, 0.25) is 0 Å². The van der Waals surface area contributed by atoms with Crippen molar-refractivity contribution in [2.45, 2.75) is 97.8 Å². The molecule has 1 heterocycles. The van der Waals surface area contributed by atoms with Crippen LogP contribution in [0.15, 0.2) is 72.8 Å². The fraction of sp³-hybridized carbons (Fsp3) is 0.417. The summed E-state index contributed by atoms with van der Waals surface area (Å²) in [6, 6.07) is 24.5. The summed E-state index contributed by atoms with van der Waals surface area (Å²) < 4.78 is 18.2. The molecule has 0 aliphatic carbocycles. The summed E-state index contributed by atoms with van der Waals surface area (Å²) in [4.78, 5) is 13.4. The molecule has 0 N–H and O–H groups in total. The van der Waals surface area contributed by atoms with E-state index in [2.05, 4.69) is 92.9 Å². The highest BCUT2D eigenvalue weighted by Gasteiger charge is 2.15. The minimum atomic E-state index is 0.103. The van der Waals surface area contributed by atoms with Crippen LogP contribution in [0.3, 0.4) is 0 Å². The monoisotopic (exact) mass is 567 g/mol. The number of aromatic nitrogens is 3. The number of hydrogen-bond donors (Lipinski definition) is 0. The third kappa shape index (κ3) is 8.78. The van der Waals surface area contributed by atoms with Crippen LogP contribution in [-0.4, -0.2) is 15.0 Å². The molecule has 0 aliphatic heterocycles.